The number of pyridine rings is 1. The zero-order valence-corrected chi connectivity index (χ0v) is 15.4. The maximum Gasteiger partial charge on any atom is 0.256 e. The van der Waals surface area contributed by atoms with E-state index >= 15 is 0 Å². The molecule has 1 atom stereocenters. The summed E-state index contributed by atoms with van der Waals surface area (Å²) >= 11 is 0. The molecule has 1 aromatic heterocycles. The van der Waals surface area contributed by atoms with Gasteiger partial charge in [-0.25, -0.2) is 12.8 Å². The minimum absolute atomic E-state index is 0.0801. The van der Waals surface area contributed by atoms with Crippen molar-refractivity contribution in [3.05, 3.63) is 76.5 Å². The van der Waals surface area contributed by atoms with Crippen molar-refractivity contribution in [1.82, 2.24) is 9.29 Å². The quantitative estimate of drug-likeness (QED) is 0.751. The molecule has 0 bridgehead atoms. The van der Waals surface area contributed by atoms with E-state index in [1.807, 2.05) is 24.3 Å². The minimum atomic E-state index is -3.70. The molecule has 3 aromatic rings. The highest BCUT2D eigenvalue weighted by atomic mass is 32.2. The monoisotopic (exact) mass is 386 g/mol. The van der Waals surface area contributed by atoms with Crippen LogP contribution in [0.15, 0.2) is 64.3 Å². The first-order valence-corrected chi connectivity index (χ1v) is 10.3. The van der Waals surface area contributed by atoms with E-state index in [1.54, 1.807) is 6.07 Å². The molecule has 2 heterocycles. The van der Waals surface area contributed by atoms with Crippen molar-refractivity contribution in [2.45, 2.75) is 23.7 Å². The fraction of sp³-hybridized carbons (Fsp3) is 0.250. The Balaban J connectivity index is 1.65. The van der Waals surface area contributed by atoms with Gasteiger partial charge < -0.3 is 4.98 Å². The zero-order valence-electron chi connectivity index (χ0n) is 14.6. The number of hydrogen-bond donors (Lipinski definition) is 1. The van der Waals surface area contributed by atoms with E-state index in [0.29, 0.717) is 18.4 Å². The molecule has 140 valence electrons. The summed E-state index contributed by atoms with van der Waals surface area (Å²) in [6, 6.07) is 14.1. The van der Waals surface area contributed by atoms with Crippen molar-refractivity contribution < 1.29 is 12.8 Å². The number of fused-ring (bicyclic) bond motifs is 1. The van der Waals surface area contributed by atoms with Gasteiger partial charge in [-0.1, -0.05) is 18.2 Å². The second-order valence-corrected chi connectivity index (χ2v) is 8.74. The second kappa shape index (κ2) is 6.90. The first-order chi connectivity index (χ1) is 12.9. The molecular formula is C20H19FN2O3S. The van der Waals surface area contributed by atoms with Gasteiger partial charge in [-0.15, -0.1) is 0 Å². The Labute approximate surface area is 156 Å². The molecule has 2 aromatic carbocycles. The largest absolute Gasteiger partial charge is 0.325 e. The highest BCUT2D eigenvalue weighted by molar-refractivity contribution is 7.89. The molecule has 0 spiro atoms. The number of aromatic nitrogens is 1. The molecule has 1 aliphatic heterocycles. The lowest BCUT2D eigenvalue weighted by atomic mass is 9.94. The molecule has 0 saturated carbocycles. The van der Waals surface area contributed by atoms with Crippen LogP contribution in [0.1, 0.15) is 24.5 Å². The number of rotatable bonds is 3. The molecule has 0 radical (unpaired) electrons. The number of H-pyrrole nitrogens is 1. The topological polar surface area (TPSA) is 70.2 Å². The van der Waals surface area contributed by atoms with Crippen LogP contribution in [0.4, 0.5) is 4.39 Å². The van der Waals surface area contributed by atoms with Gasteiger partial charge >= 0.3 is 0 Å². The zero-order chi connectivity index (χ0) is 19.0. The van der Waals surface area contributed by atoms with E-state index in [9.17, 15) is 17.6 Å². The van der Waals surface area contributed by atoms with Crippen LogP contribution in [0.25, 0.3) is 10.8 Å². The summed E-state index contributed by atoms with van der Waals surface area (Å²) in [5.41, 5.74) is 0.583. The molecule has 0 amide bonds. The molecule has 1 aliphatic rings. The van der Waals surface area contributed by atoms with Gasteiger partial charge in [-0.2, -0.15) is 4.31 Å². The Kier molecular flexibility index (Phi) is 4.57. The van der Waals surface area contributed by atoms with E-state index in [2.05, 4.69) is 4.98 Å². The van der Waals surface area contributed by atoms with Crippen LogP contribution in [-0.4, -0.2) is 30.8 Å². The van der Waals surface area contributed by atoms with E-state index in [-0.39, 0.29) is 22.9 Å². The molecule has 5 nitrogen and oxygen atoms in total. The van der Waals surface area contributed by atoms with Gasteiger partial charge in [0, 0.05) is 30.1 Å². The number of benzene rings is 2. The molecule has 1 N–H and O–H groups in total. The van der Waals surface area contributed by atoms with Crippen LogP contribution in [0.5, 0.6) is 0 Å². The lowest BCUT2D eigenvalue weighted by Gasteiger charge is -2.32. The van der Waals surface area contributed by atoms with Gasteiger partial charge in [0.2, 0.25) is 10.0 Å². The molecule has 1 saturated heterocycles. The number of hydrogen-bond acceptors (Lipinski definition) is 3. The van der Waals surface area contributed by atoms with Crippen molar-refractivity contribution in [1.29, 1.82) is 0 Å². The number of sulfonamides is 1. The first kappa shape index (κ1) is 17.9. The number of nitrogens with one attached hydrogen (secondary N) is 1. The molecule has 27 heavy (non-hydrogen) atoms. The first-order valence-electron chi connectivity index (χ1n) is 8.83. The second-order valence-electron chi connectivity index (χ2n) is 6.80. The maximum absolute atomic E-state index is 13.1. The fourth-order valence-electron chi connectivity index (χ4n) is 3.62. The number of aromatic amines is 1. The Morgan fingerprint density at radius 3 is 2.59 bits per heavy atom. The summed E-state index contributed by atoms with van der Waals surface area (Å²) in [6.07, 6.45) is 1.49. The van der Waals surface area contributed by atoms with Gasteiger partial charge in [0.05, 0.1) is 4.90 Å². The number of halogens is 1. The third-order valence-corrected chi connectivity index (χ3v) is 6.93. The molecular weight excluding hydrogens is 367 g/mol. The van der Waals surface area contributed by atoms with Crippen molar-refractivity contribution in [2.24, 2.45) is 0 Å². The van der Waals surface area contributed by atoms with Crippen molar-refractivity contribution in [3.63, 3.8) is 0 Å². The standard InChI is InChI=1S/C20H19FN2O3S/c21-16-7-9-17(10-8-16)27(25,26)23-11-3-5-15(13-23)19-12-14-4-1-2-6-18(14)20(24)22-19/h1-2,4,6-10,12,15H,3,5,11,13H2,(H,22,24). The fourth-order valence-corrected chi connectivity index (χ4v) is 5.15. The average Bonchev–Trinajstić information content (AvgIpc) is 2.68. The summed E-state index contributed by atoms with van der Waals surface area (Å²) in [7, 11) is -3.70. The predicted molar refractivity (Wildman–Crippen MR) is 102 cm³/mol. The molecule has 1 unspecified atom stereocenters. The van der Waals surface area contributed by atoms with Gasteiger partial charge in [0.15, 0.2) is 0 Å². The van der Waals surface area contributed by atoms with Crippen LogP contribution in [0, 0.1) is 5.82 Å². The highest BCUT2D eigenvalue weighted by Crippen LogP contribution is 2.30. The van der Waals surface area contributed by atoms with E-state index in [1.165, 1.54) is 16.4 Å². The van der Waals surface area contributed by atoms with Crippen LogP contribution >= 0.6 is 0 Å². The normalized spacial score (nSPS) is 18.6. The lowest BCUT2D eigenvalue weighted by molar-refractivity contribution is 0.312. The van der Waals surface area contributed by atoms with Gasteiger partial charge in [-0.05, 0) is 54.6 Å². The number of nitrogens with zero attached hydrogens (tertiary/aromatic N) is 1. The predicted octanol–water partition coefficient (Wildman–Crippen LogP) is 3.24. The van der Waals surface area contributed by atoms with Crippen molar-refractivity contribution >= 4 is 20.8 Å². The third kappa shape index (κ3) is 3.40. The molecule has 1 fully saturated rings. The van der Waals surface area contributed by atoms with E-state index in [4.69, 9.17) is 0 Å². The summed E-state index contributed by atoms with van der Waals surface area (Å²) in [4.78, 5) is 15.3. The third-order valence-electron chi connectivity index (χ3n) is 5.05. The molecule has 4 rings (SSSR count). The lowest BCUT2D eigenvalue weighted by Crippen LogP contribution is -2.39. The van der Waals surface area contributed by atoms with Crippen molar-refractivity contribution in [3.8, 4) is 0 Å². The van der Waals surface area contributed by atoms with Crippen LogP contribution in [-0.2, 0) is 10.0 Å². The summed E-state index contributed by atoms with van der Waals surface area (Å²) in [6.45, 7) is 0.696. The SMILES string of the molecule is O=c1[nH]c(C2CCCN(S(=O)(=O)c3ccc(F)cc3)C2)cc2ccccc12. The van der Waals surface area contributed by atoms with Crippen LogP contribution < -0.4 is 5.56 Å². The Morgan fingerprint density at radius 1 is 1.07 bits per heavy atom. The summed E-state index contributed by atoms with van der Waals surface area (Å²) in [5.74, 6) is -0.564. The summed E-state index contributed by atoms with van der Waals surface area (Å²) < 4.78 is 40.3. The molecule has 7 heteroatoms. The minimum Gasteiger partial charge on any atom is -0.325 e. The number of piperidine rings is 1. The molecule has 0 aliphatic carbocycles. The van der Waals surface area contributed by atoms with Crippen LogP contribution in [0.2, 0.25) is 0 Å². The Hall–Kier alpha value is -2.51. The highest BCUT2D eigenvalue weighted by Gasteiger charge is 2.31. The van der Waals surface area contributed by atoms with Gasteiger partial charge in [0.1, 0.15) is 5.82 Å². The smallest absolute Gasteiger partial charge is 0.256 e. The Morgan fingerprint density at radius 2 is 1.81 bits per heavy atom. The Bertz CT molecular complexity index is 1140. The van der Waals surface area contributed by atoms with E-state index < -0.39 is 15.8 Å². The maximum atomic E-state index is 13.1. The van der Waals surface area contributed by atoms with Gasteiger partial charge in [-0.3, -0.25) is 4.79 Å². The van der Waals surface area contributed by atoms with E-state index in [0.717, 1.165) is 29.6 Å². The van der Waals surface area contributed by atoms with Gasteiger partial charge in [0.25, 0.3) is 5.56 Å². The average molecular weight is 386 g/mol. The van der Waals surface area contributed by atoms with Crippen LogP contribution in [0.3, 0.4) is 0 Å². The summed E-state index contributed by atoms with van der Waals surface area (Å²) in [5, 5.41) is 1.46. The van der Waals surface area contributed by atoms with Crippen molar-refractivity contribution in [2.75, 3.05) is 13.1 Å².